The Morgan fingerprint density at radius 1 is 1.03 bits per heavy atom. The number of phenols is 1. The molecule has 0 atom stereocenters. The lowest BCUT2D eigenvalue weighted by molar-refractivity contribution is 0.205. The van der Waals surface area contributed by atoms with Crippen molar-refractivity contribution in [1.82, 2.24) is 15.0 Å². The number of aromatic nitrogens is 1. The molecule has 3 heterocycles. The molecule has 0 radical (unpaired) electrons. The molecule has 0 spiro atoms. The van der Waals surface area contributed by atoms with Crippen LogP contribution >= 0.6 is 0 Å². The number of aromatic hydroxyl groups is 1. The maximum atomic E-state index is 9.84. The van der Waals surface area contributed by atoms with Crippen molar-refractivity contribution in [1.29, 1.82) is 0 Å². The van der Waals surface area contributed by atoms with Gasteiger partial charge in [0.15, 0.2) is 0 Å². The number of phenolic OH excluding ortho intramolecular Hbond substituents is 1. The van der Waals surface area contributed by atoms with Crippen molar-refractivity contribution in [2.75, 3.05) is 31.6 Å². The lowest BCUT2D eigenvalue weighted by atomic mass is 9.89. The fourth-order valence-corrected chi connectivity index (χ4v) is 4.66. The first-order valence-corrected chi connectivity index (χ1v) is 11.0. The van der Waals surface area contributed by atoms with Crippen molar-refractivity contribution in [2.45, 2.75) is 31.6 Å². The molecule has 3 N–H and O–H groups in total. The van der Waals surface area contributed by atoms with Gasteiger partial charge in [0.25, 0.3) is 0 Å². The summed E-state index contributed by atoms with van der Waals surface area (Å²) in [5.74, 6) is 0.917. The summed E-state index contributed by atoms with van der Waals surface area (Å²) in [6.45, 7) is 4.35. The standard InChI is InChI=1S/C24H29N5O/c30-20-7-8-24-21(15-20)22(17-25-24)18-9-13-28(14-10-18)11-3-4-12-29-26-16-19-5-1-2-6-23(19)27-29/h1-2,5-8,15-18,25,27,30H,3-4,9-14H2. The Hall–Kier alpha value is -2.99. The number of hydrazine groups is 1. The first kappa shape index (κ1) is 19.0. The van der Waals surface area contributed by atoms with E-state index in [-0.39, 0.29) is 0 Å². The van der Waals surface area contributed by atoms with Gasteiger partial charge in [-0.2, -0.15) is 5.10 Å². The molecule has 0 saturated carbocycles. The van der Waals surface area contributed by atoms with Crippen LogP contribution in [0.3, 0.4) is 0 Å². The predicted molar refractivity (Wildman–Crippen MR) is 122 cm³/mol. The van der Waals surface area contributed by atoms with Crippen LogP contribution < -0.4 is 5.43 Å². The number of hydrogen-bond acceptors (Lipinski definition) is 5. The van der Waals surface area contributed by atoms with Gasteiger partial charge in [-0.3, -0.25) is 5.43 Å². The number of hydrogen-bond donors (Lipinski definition) is 3. The average molecular weight is 404 g/mol. The van der Waals surface area contributed by atoms with E-state index in [4.69, 9.17) is 0 Å². The zero-order valence-corrected chi connectivity index (χ0v) is 17.2. The lowest BCUT2D eigenvalue weighted by Gasteiger charge is -2.32. The van der Waals surface area contributed by atoms with Gasteiger partial charge in [-0.05, 0) is 81.1 Å². The molecule has 6 heteroatoms. The number of rotatable bonds is 6. The van der Waals surface area contributed by atoms with E-state index >= 15 is 0 Å². The Morgan fingerprint density at radius 2 is 1.87 bits per heavy atom. The molecule has 156 valence electrons. The van der Waals surface area contributed by atoms with Crippen molar-refractivity contribution in [3.8, 4) is 5.75 Å². The van der Waals surface area contributed by atoms with E-state index in [9.17, 15) is 5.11 Å². The third-order valence-corrected chi connectivity index (χ3v) is 6.37. The molecule has 1 aromatic heterocycles. The molecule has 2 aliphatic heterocycles. The minimum Gasteiger partial charge on any atom is -0.508 e. The van der Waals surface area contributed by atoms with Gasteiger partial charge in [-0.25, -0.2) is 5.12 Å². The minimum absolute atomic E-state index is 0.344. The van der Waals surface area contributed by atoms with Crippen molar-refractivity contribution in [2.24, 2.45) is 5.10 Å². The van der Waals surface area contributed by atoms with Crippen LogP contribution in [0, 0.1) is 0 Å². The molecule has 0 bridgehead atoms. The topological polar surface area (TPSA) is 66.9 Å². The predicted octanol–water partition coefficient (Wildman–Crippen LogP) is 4.51. The van der Waals surface area contributed by atoms with Crippen molar-refractivity contribution < 1.29 is 5.11 Å². The third-order valence-electron chi connectivity index (χ3n) is 6.37. The second-order valence-corrected chi connectivity index (χ2v) is 8.36. The van der Waals surface area contributed by atoms with Crippen LogP contribution in [-0.2, 0) is 0 Å². The normalized spacial score (nSPS) is 17.3. The maximum Gasteiger partial charge on any atom is 0.116 e. The number of aromatic amines is 1. The summed E-state index contributed by atoms with van der Waals surface area (Å²) in [6.07, 6.45) is 8.72. The molecule has 0 unspecified atom stereocenters. The number of unbranched alkanes of at least 4 members (excludes halogenated alkanes) is 1. The van der Waals surface area contributed by atoms with E-state index in [0.29, 0.717) is 11.7 Å². The Kier molecular flexibility index (Phi) is 5.32. The van der Waals surface area contributed by atoms with Crippen LogP contribution in [0.25, 0.3) is 10.9 Å². The summed E-state index contributed by atoms with van der Waals surface area (Å²) in [7, 11) is 0. The summed E-state index contributed by atoms with van der Waals surface area (Å²) in [5, 5.41) is 17.4. The highest BCUT2D eigenvalue weighted by Gasteiger charge is 2.22. The number of likely N-dealkylation sites (tertiary alicyclic amines) is 1. The van der Waals surface area contributed by atoms with E-state index < -0.39 is 0 Å². The fourth-order valence-electron chi connectivity index (χ4n) is 4.66. The number of piperidine rings is 1. The van der Waals surface area contributed by atoms with E-state index in [2.05, 4.69) is 38.7 Å². The van der Waals surface area contributed by atoms with Gasteiger partial charge >= 0.3 is 0 Å². The van der Waals surface area contributed by atoms with Gasteiger partial charge in [0.2, 0.25) is 0 Å². The first-order valence-electron chi connectivity index (χ1n) is 11.0. The van der Waals surface area contributed by atoms with Crippen LogP contribution in [0.2, 0.25) is 0 Å². The number of H-pyrrole nitrogens is 1. The molecule has 2 aliphatic rings. The van der Waals surface area contributed by atoms with Gasteiger partial charge in [0, 0.05) is 22.7 Å². The Morgan fingerprint density at radius 3 is 2.77 bits per heavy atom. The summed E-state index contributed by atoms with van der Waals surface area (Å²) in [4.78, 5) is 5.94. The average Bonchev–Trinajstić information content (AvgIpc) is 3.20. The van der Waals surface area contributed by atoms with E-state index in [1.165, 1.54) is 30.2 Å². The molecule has 0 aliphatic carbocycles. The summed E-state index contributed by atoms with van der Waals surface area (Å²) in [6, 6.07) is 13.8. The zero-order valence-electron chi connectivity index (χ0n) is 17.2. The van der Waals surface area contributed by atoms with E-state index in [0.717, 1.165) is 49.4 Å². The number of anilines is 1. The van der Waals surface area contributed by atoms with Crippen LogP contribution in [0.1, 0.15) is 42.7 Å². The zero-order chi connectivity index (χ0) is 20.3. The molecule has 1 saturated heterocycles. The number of nitrogens with one attached hydrogen (secondary N) is 2. The van der Waals surface area contributed by atoms with Crippen LogP contribution in [0.5, 0.6) is 5.75 Å². The first-order chi connectivity index (χ1) is 14.8. The largest absolute Gasteiger partial charge is 0.508 e. The fraction of sp³-hybridized carbons (Fsp3) is 0.375. The van der Waals surface area contributed by atoms with Crippen LogP contribution in [0.4, 0.5) is 5.69 Å². The Labute approximate surface area is 177 Å². The molecular weight excluding hydrogens is 374 g/mol. The number of para-hydroxylation sites is 1. The quantitative estimate of drug-likeness (QED) is 0.530. The Balaban J connectivity index is 1.06. The SMILES string of the molecule is Oc1ccc2[nH]cc(C3CCN(CCCCN4N=Cc5ccccc5N4)CC3)c2c1. The molecular formula is C24H29N5O. The van der Waals surface area contributed by atoms with Gasteiger partial charge < -0.3 is 15.0 Å². The molecule has 0 amide bonds. The highest BCUT2D eigenvalue weighted by atomic mass is 16.3. The molecule has 2 aromatic carbocycles. The number of fused-ring (bicyclic) bond motifs is 2. The lowest BCUT2D eigenvalue weighted by Crippen LogP contribution is -2.34. The van der Waals surface area contributed by atoms with Crippen molar-refractivity contribution >= 4 is 22.8 Å². The van der Waals surface area contributed by atoms with E-state index in [1.54, 1.807) is 6.07 Å². The number of hydrazone groups is 1. The third kappa shape index (κ3) is 4.00. The van der Waals surface area contributed by atoms with Crippen LogP contribution in [0.15, 0.2) is 53.8 Å². The highest BCUT2D eigenvalue weighted by molar-refractivity contribution is 5.88. The second kappa shape index (κ2) is 8.40. The monoisotopic (exact) mass is 403 g/mol. The molecule has 3 aromatic rings. The Bertz CT molecular complexity index is 1040. The molecule has 6 nitrogen and oxygen atoms in total. The summed E-state index contributed by atoms with van der Waals surface area (Å²) < 4.78 is 0. The molecule has 30 heavy (non-hydrogen) atoms. The minimum atomic E-state index is 0.344. The van der Waals surface area contributed by atoms with Gasteiger partial charge in [-0.15, -0.1) is 0 Å². The number of benzene rings is 2. The second-order valence-electron chi connectivity index (χ2n) is 8.36. The van der Waals surface area contributed by atoms with Gasteiger partial charge in [0.05, 0.1) is 18.4 Å². The smallest absolute Gasteiger partial charge is 0.116 e. The summed E-state index contributed by atoms with van der Waals surface area (Å²) >= 11 is 0. The maximum absolute atomic E-state index is 9.84. The molecule has 5 rings (SSSR count). The van der Waals surface area contributed by atoms with Gasteiger partial charge in [-0.1, -0.05) is 18.2 Å². The summed E-state index contributed by atoms with van der Waals surface area (Å²) in [5.41, 5.74) is 8.11. The number of nitrogens with zero attached hydrogens (tertiary/aromatic N) is 3. The van der Waals surface area contributed by atoms with Crippen molar-refractivity contribution in [3.63, 3.8) is 0 Å². The highest BCUT2D eigenvalue weighted by Crippen LogP contribution is 2.34. The van der Waals surface area contributed by atoms with Gasteiger partial charge in [0.1, 0.15) is 5.75 Å². The molecule has 1 fully saturated rings. The van der Waals surface area contributed by atoms with E-state index in [1.807, 2.05) is 35.6 Å². The van der Waals surface area contributed by atoms with Crippen LogP contribution in [-0.4, -0.2) is 52.5 Å². The van der Waals surface area contributed by atoms with Crippen molar-refractivity contribution in [3.05, 3.63) is 59.8 Å².